The lowest BCUT2D eigenvalue weighted by Crippen LogP contribution is -1.97. The highest BCUT2D eigenvalue weighted by atomic mass is 15.2. The van der Waals surface area contributed by atoms with Crippen LogP contribution in [0.4, 0.5) is 5.95 Å². The fourth-order valence-corrected chi connectivity index (χ4v) is 2.24. The molecule has 0 unspecified atom stereocenters. The maximum Gasteiger partial charge on any atom is 0.222 e. The molecule has 0 radical (unpaired) electrons. The first kappa shape index (κ1) is 11.6. The molecule has 3 N–H and O–H groups in total. The summed E-state index contributed by atoms with van der Waals surface area (Å²) in [6.45, 7) is 2.17. The van der Waals surface area contributed by atoms with E-state index in [1.807, 2.05) is 12.1 Å². The first-order valence-corrected chi connectivity index (χ1v) is 6.34. The van der Waals surface area contributed by atoms with Crippen LogP contribution in [0.25, 0.3) is 22.3 Å². The topological polar surface area (TPSA) is 80.5 Å². The normalized spacial score (nSPS) is 11.0. The van der Waals surface area contributed by atoms with Crippen molar-refractivity contribution in [1.82, 2.24) is 20.2 Å². The third-order valence-electron chi connectivity index (χ3n) is 3.07. The molecule has 0 saturated carbocycles. The summed E-state index contributed by atoms with van der Waals surface area (Å²) < 4.78 is 0. The number of nitrogens with one attached hydrogen (secondary N) is 1. The molecule has 96 valence electrons. The minimum atomic E-state index is 0.257. The Hall–Kier alpha value is -2.43. The summed E-state index contributed by atoms with van der Waals surface area (Å²) in [6, 6.07) is 8.36. The predicted octanol–water partition coefficient (Wildman–Crippen LogP) is 2.55. The molecule has 5 nitrogen and oxygen atoms in total. The van der Waals surface area contributed by atoms with Crippen LogP contribution in [-0.2, 0) is 6.42 Å². The zero-order valence-corrected chi connectivity index (χ0v) is 10.7. The van der Waals surface area contributed by atoms with Gasteiger partial charge in [-0.25, -0.2) is 4.98 Å². The molecule has 3 rings (SSSR count). The molecule has 0 saturated heterocycles. The van der Waals surface area contributed by atoms with Crippen LogP contribution in [0.1, 0.15) is 18.9 Å². The lowest BCUT2D eigenvalue weighted by Gasteiger charge is -2.05. The highest BCUT2D eigenvalue weighted by molar-refractivity contribution is 5.90. The largest absolute Gasteiger partial charge is 0.368 e. The Morgan fingerprint density at radius 3 is 3.00 bits per heavy atom. The van der Waals surface area contributed by atoms with Gasteiger partial charge in [0.25, 0.3) is 0 Å². The van der Waals surface area contributed by atoms with Crippen LogP contribution < -0.4 is 5.73 Å². The molecule has 0 spiro atoms. The molecule has 2 aromatic heterocycles. The van der Waals surface area contributed by atoms with Crippen LogP contribution in [0.3, 0.4) is 0 Å². The van der Waals surface area contributed by atoms with E-state index >= 15 is 0 Å². The predicted molar refractivity (Wildman–Crippen MR) is 75.5 cm³/mol. The van der Waals surface area contributed by atoms with E-state index in [0.29, 0.717) is 5.65 Å². The molecule has 0 aliphatic carbocycles. The average molecular weight is 253 g/mol. The van der Waals surface area contributed by atoms with Crippen LogP contribution in [-0.4, -0.2) is 20.2 Å². The number of H-pyrrole nitrogens is 1. The zero-order chi connectivity index (χ0) is 13.2. The van der Waals surface area contributed by atoms with Crippen molar-refractivity contribution in [1.29, 1.82) is 0 Å². The minimum absolute atomic E-state index is 0.257. The number of aromatic nitrogens is 4. The first-order valence-electron chi connectivity index (χ1n) is 6.34. The molecule has 0 atom stereocenters. The number of fused-ring (bicyclic) bond motifs is 1. The summed E-state index contributed by atoms with van der Waals surface area (Å²) in [6.07, 6.45) is 3.91. The molecular weight excluding hydrogens is 238 g/mol. The van der Waals surface area contributed by atoms with Crippen molar-refractivity contribution in [3.8, 4) is 11.3 Å². The van der Waals surface area contributed by atoms with Gasteiger partial charge in [0.15, 0.2) is 5.65 Å². The lowest BCUT2D eigenvalue weighted by atomic mass is 10.0. The molecule has 0 amide bonds. The Morgan fingerprint density at radius 1 is 1.26 bits per heavy atom. The van der Waals surface area contributed by atoms with E-state index in [4.69, 9.17) is 5.73 Å². The second-order valence-corrected chi connectivity index (χ2v) is 4.51. The molecule has 0 bridgehead atoms. The number of benzene rings is 1. The Labute approximate surface area is 110 Å². The molecule has 3 aromatic rings. The number of aromatic amines is 1. The number of aryl methyl sites for hydroxylation is 1. The van der Waals surface area contributed by atoms with Gasteiger partial charge in [-0.1, -0.05) is 31.5 Å². The average Bonchev–Trinajstić information content (AvgIpc) is 2.86. The van der Waals surface area contributed by atoms with Crippen molar-refractivity contribution >= 4 is 17.0 Å². The van der Waals surface area contributed by atoms with E-state index in [0.717, 1.165) is 29.5 Å². The molecule has 0 aliphatic rings. The second kappa shape index (κ2) is 4.68. The van der Waals surface area contributed by atoms with Crippen molar-refractivity contribution in [3.05, 3.63) is 36.0 Å². The number of hydrogen-bond acceptors (Lipinski definition) is 4. The molecule has 0 fully saturated rings. The van der Waals surface area contributed by atoms with Crippen molar-refractivity contribution in [2.75, 3.05) is 5.73 Å². The number of nitrogen functional groups attached to an aromatic ring is 1. The third-order valence-corrected chi connectivity index (χ3v) is 3.07. The Balaban J connectivity index is 2.18. The van der Waals surface area contributed by atoms with Crippen LogP contribution >= 0.6 is 0 Å². The van der Waals surface area contributed by atoms with Crippen LogP contribution in [0.5, 0.6) is 0 Å². The van der Waals surface area contributed by atoms with Gasteiger partial charge in [0, 0.05) is 5.56 Å². The fourth-order valence-electron chi connectivity index (χ4n) is 2.24. The summed E-state index contributed by atoms with van der Waals surface area (Å²) in [4.78, 5) is 8.48. The summed E-state index contributed by atoms with van der Waals surface area (Å²) in [5, 5.41) is 7.72. The monoisotopic (exact) mass is 253 g/mol. The van der Waals surface area contributed by atoms with E-state index in [2.05, 4.69) is 39.2 Å². The quantitative estimate of drug-likeness (QED) is 0.751. The van der Waals surface area contributed by atoms with Gasteiger partial charge in [-0.05, 0) is 18.1 Å². The smallest absolute Gasteiger partial charge is 0.222 e. The molecule has 2 heterocycles. The zero-order valence-electron chi connectivity index (χ0n) is 10.7. The molecule has 19 heavy (non-hydrogen) atoms. The van der Waals surface area contributed by atoms with Crippen LogP contribution in [0.15, 0.2) is 30.5 Å². The fraction of sp³-hybridized carbons (Fsp3) is 0.214. The first-order chi connectivity index (χ1) is 9.28. The standard InChI is InChI=1S/C14H15N5/c1-2-4-9-5-3-6-10(7-9)12-11-8-16-19-13(11)18-14(15)17-12/h3,5-8H,2,4H2,1H3,(H3,15,16,17,18,19). The lowest BCUT2D eigenvalue weighted by molar-refractivity contribution is 0.922. The van der Waals surface area contributed by atoms with Gasteiger partial charge < -0.3 is 5.73 Å². The van der Waals surface area contributed by atoms with Gasteiger partial charge in [-0.15, -0.1) is 0 Å². The second-order valence-electron chi connectivity index (χ2n) is 4.51. The van der Waals surface area contributed by atoms with Gasteiger partial charge in [0.05, 0.1) is 17.3 Å². The van der Waals surface area contributed by atoms with E-state index in [1.54, 1.807) is 6.20 Å². The van der Waals surface area contributed by atoms with E-state index < -0.39 is 0 Å². The van der Waals surface area contributed by atoms with Gasteiger partial charge in [-0.3, -0.25) is 5.10 Å². The van der Waals surface area contributed by atoms with Crippen molar-refractivity contribution < 1.29 is 0 Å². The Morgan fingerprint density at radius 2 is 2.16 bits per heavy atom. The van der Waals surface area contributed by atoms with Gasteiger partial charge >= 0.3 is 0 Å². The van der Waals surface area contributed by atoms with Crippen molar-refractivity contribution in [2.45, 2.75) is 19.8 Å². The number of nitrogens with two attached hydrogens (primary N) is 1. The maximum atomic E-state index is 5.75. The van der Waals surface area contributed by atoms with E-state index in [1.165, 1.54) is 5.56 Å². The molecule has 5 heteroatoms. The number of anilines is 1. The van der Waals surface area contributed by atoms with Gasteiger partial charge in [0.1, 0.15) is 0 Å². The number of nitrogens with zero attached hydrogens (tertiary/aromatic N) is 3. The molecule has 0 aliphatic heterocycles. The highest BCUT2D eigenvalue weighted by Gasteiger charge is 2.10. The maximum absolute atomic E-state index is 5.75. The van der Waals surface area contributed by atoms with Crippen molar-refractivity contribution in [3.63, 3.8) is 0 Å². The summed E-state index contributed by atoms with van der Waals surface area (Å²) >= 11 is 0. The molecule has 1 aromatic carbocycles. The number of rotatable bonds is 3. The minimum Gasteiger partial charge on any atom is -0.368 e. The Kier molecular flexibility index (Phi) is 2.87. The van der Waals surface area contributed by atoms with Crippen LogP contribution in [0.2, 0.25) is 0 Å². The highest BCUT2D eigenvalue weighted by Crippen LogP contribution is 2.26. The summed E-state index contributed by atoms with van der Waals surface area (Å²) in [7, 11) is 0. The van der Waals surface area contributed by atoms with E-state index in [9.17, 15) is 0 Å². The van der Waals surface area contributed by atoms with Gasteiger partial charge in [-0.2, -0.15) is 10.1 Å². The van der Waals surface area contributed by atoms with Crippen molar-refractivity contribution in [2.24, 2.45) is 0 Å². The Bertz CT molecular complexity index is 717. The third kappa shape index (κ3) is 2.14. The van der Waals surface area contributed by atoms with Gasteiger partial charge in [0.2, 0.25) is 5.95 Å². The SMILES string of the molecule is CCCc1cccc(-c2nc(N)nc3[nH]ncc23)c1. The van der Waals surface area contributed by atoms with Crippen LogP contribution in [0, 0.1) is 0 Å². The summed E-state index contributed by atoms with van der Waals surface area (Å²) in [5.41, 5.74) is 9.59. The number of hydrogen-bond donors (Lipinski definition) is 2. The summed E-state index contributed by atoms with van der Waals surface area (Å²) in [5.74, 6) is 0.257. The van der Waals surface area contributed by atoms with E-state index in [-0.39, 0.29) is 5.95 Å². The molecular formula is C14H15N5.